The van der Waals surface area contributed by atoms with Gasteiger partial charge in [-0.3, -0.25) is 10.2 Å². The number of nitrogens with one attached hydrogen (secondary N) is 2. The van der Waals surface area contributed by atoms with Crippen molar-refractivity contribution >= 4 is 46.2 Å². The third-order valence-corrected chi connectivity index (χ3v) is 4.48. The van der Waals surface area contributed by atoms with Crippen molar-refractivity contribution in [3.63, 3.8) is 0 Å². The lowest BCUT2D eigenvalue weighted by atomic mass is 10.0. The average molecular weight is 395 g/mol. The van der Waals surface area contributed by atoms with Crippen LogP contribution in [0.1, 0.15) is 18.1 Å². The maximum absolute atomic E-state index is 11.6. The fourth-order valence-electron chi connectivity index (χ4n) is 2.61. The van der Waals surface area contributed by atoms with Crippen LogP contribution in [0.5, 0.6) is 0 Å². The minimum atomic E-state index is -0.0753. The van der Waals surface area contributed by atoms with Gasteiger partial charge in [-0.2, -0.15) is 0 Å². The van der Waals surface area contributed by atoms with E-state index in [-0.39, 0.29) is 17.4 Å². The van der Waals surface area contributed by atoms with E-state index in [1.165, 1.54) is 18.2 Å². The molecule has 8 heteroatoms. The maximum atomic E-state index is 11.6. The third-order valence-electron chi connectivity index (χ3n) is 4.23. The molecular weight excluding hydrogens is 376 g/mol. The van der Waals surface area contributed by atoms with Crippen LogP contribution in [0.25, 0.3) is 0 Å². The van der Waals surface area contributed by atoms with Crippen molar-refractivity contribution in [3.05, 3.63) is 71.0 Å². The molecule has 7 nitrogen and oxygen atoms in total. The Morgan fingerprint density at radius 3 is 2.57 bits per heavy atom. The monoisotopic (exact) mass is 394 g/mol. The van der Waals surface area contributed by atoms with E-state index in [0.717, 1.165) is 5.69 Å². The second-order valence-corrected chi connectivity index (χ2v) is 6.55. The summed E-state index contributed by atoms with van der Waals surface area (Å²) >= 11 is 5.93. The number of halogens is 1. The highest BCUT2D eigenvalue weighted by atomic mass is 35.5. The van der Waals surface area contributed by atoms with Gasteiger partial charge in [-0.1, -0.05) is 29.8 Å². The molecule has 0 saturated heterocycles. The number of aromatic nitrogens is 2. The molecule has 0 spiro atoms. The summed E-state index contributed by atoms with van der Waals surface area (Å²) < 4.78 is 0. The summed E-state index contributed by atoms with van der Waals surface area (Å²) in [5, 5.41) is 12.3. The molecule has 1 aromatic heterocycles. The maximum Gasteiger partial charge on any atom is 0.223 e. The van der Waals surface area contributed by atoms with Crippen molar-refractivity contribution < 1.29 is 4.79 Å². The van der Waals surface area contributed by atoms with E-state index < -0.39 is 0 Å². The van der Waals surface area contributed by atoms with E-state index >= 15 is 0 Å². The molecule has 0 fully saturated rings. The number of amides is 1. The Morgan fingerprint density at radius 2 is 1.89 bits per heavy atom. The Hall–Kier alpha value is -3.45. The van der Waals surface area contributed by atoms with Crippen LogP contribution in [0.15, 0.2) is 54.9 Å². The van der Waals surface area contributed by atoms with Crippen molar-refractivity contribution in [1.29, 1.82) is 5.41 Å². The summed E-state index contributed by atoms with van der Waals surface area (Å²) in [6, 6.07) is 14.2. The van der Waals surface area contributed by atoms with E-state index in [9.17, 15) is 4.79 Å². The summed E-state index contributed by atoms with van der Waals surface area (Å²) in [5.41, 5.74) is 8.68. The lowest BCUT2D eigenvalue weighted by Gasteiger charge is -2.17. The molecule has 0 atom stereocenters. The molecule has 1 heterocycles. The fraction of sp³-hybridized carbons (Fsp3) is 0.100. The summed E-state index contributed by atoms with van der Waals surface area (Å²) in [6.45, 7) is 1.50. The first-order valence-electron chi connectivity index (χ1n) is 8.43. The number of nitrogens with two attached hydrogens (primary N) is 1. The van der Waals surface area contributed by atoms with E-state index in [4.69, 9.17) is 22.7 Å². The first-order chi connectivity index (χ1) is 13.4. The molecule has 0 unspecified atom stereocenters. The summed E-state index contributed by atoms with van der Waals surface area (Å²) in [5.74, 6) is 0.512. The highest BCUT2D eigenvalue weighted by Crippen LogP contribution is 2.27. The van der Waals surface area contributed by atoms with Crippen LogP contribution < -0.4 is 16.0 Å². The summed E-state index contributed by atoms with van der Waals surface area (Å²) in [4.78, 5) is 21.4. The van der Waals surface area contributed by atoms with E-state index in [0.29, 0.717) is 27.7 Å². The van der Waals surface area contributed by atoms with E-state index in [1.807, 2.05) is 24.3 Å². The van der Waals surface area contributed by atoms with Crippen LogP contribution in [0.4, 0.5) is 23.0 Å². The smallest absolute Gasteiger partial charge is 0.223 e. The summed E-state index contributed by atoms with van der Waals surface area (Å²) in [6.07, 6.45) is 1.34. The SMILES string of the molecule is CC(=O)N(C)c1cccc(Nc2ncnc(N)c2C(=N)c2ccc(Cl)cc2)c1. The molecule has 0 aliphatic carbocycles. The number of nitrogens with zero attached hydrogens (tertiary/aromatic N) is 3. The Balaban J connectivity index is 1.97. The number of carbonyl (C=O) groups is 1. The molecule has 0 aliphatic rings. The standard InChI is InChI=1S/C20H19ClN6O/c1-12(28)27(2)16-5-3-4-15(10-16)26-20-17(19(23)24-11-25-20)18(22)13-6-8-14(21)9-7-13/h3-11,22H,1-2H3,(H3,23,24,25,26). The van der Waals surface area contributed by atoms with Gasteiger partial charge in [0, 0.05) is 35.9 Å². The first kappa shape index (κ1) is 19.3. The van der Waals surface area contributed by atoms with Gasteiger partial charge in [0.05, 0.1) is 11.3 Å². The predicted octanol–water partition coefficient (Wildman–Crippen LogP) is 3.85. The van der Waals surface area contributed by atoms with Gasteiger partial charge in [0.1, 0.15) is 18.0 Å². The molecule has 142 valence electrons. The molecule has 1 amide bonds. The van der Waals surface area contributed by atoms with Crippen molar-refractivity contribution in [2.24, 2.45) is 0 Å². The minimum absolute atomic E-state index is 0.0753. The van der Waals surface area contributed by atoms with Gasteiger partial charge >= 0.3 is 0 Å². The second kappa shape index (κ2) is 8.06. The molecule has 28 heavy (non-hydrogen) atoms. The van der Waals surface area contributed by atoms with Crippen LogP contribution in [-0.4, -0.2) is 28.6 Å². The largest absolute Gasteiger partial charge is 0.383 e. The van der Waals surface area contributed by atoms with Crippen molar-refractivity contribution in [2.75, 3.05) is 23.0 Å². The average Bonchev–Trinajstić information content (AvgIpc) is 2.68. The van der Waals surface area contributed by atoms with Crippen LogP contribution >= 0.6 is 11.6 Å². The summed E-state index contributed by atoms with van der Waals surface area (Å²) in [7, 11) is 1.70. The molecule has 0 aliphatic heterocycles. The molecule has 0 bridgehead atoms. The lowest BCUT2D eigenvalue weighted by molar-refractivity contribution is -0.116. The predicted molar refractivity (Wildman–Crippen MR) is 113 cm³/mol. The number of rotatable bonds is 5. The van der Waals surface area contributed by atoms with Crippen molar-refractivity contribution in [1.82, 2.24) is 9.97 Å². The highest BCUT2D eigenvalue weighted by molar-refractivity contribution is 6.30. The van der Waals surface area contributed by atoms with Crippen LogP contribution in [-0.2, 0) is 4.79 Å². The van der Waals surface area contributed by atoms with Gasteiger partial charge in [0.15, 0.2) is 0 Å². The van der Waals surface area contributed by atoms with Crippen LogP contribution in [0.2, 0.25) is 5.02 Å². The van der Waals surface area contributed by atoms with E-state index in [1.54, 1.807) is 31.3 Å². The normalized spacial score (nSPS) is 10.4. The molecule has 0 radical (unpaired) electrons. The number of benzene rings is 2. The van der Waals surface area contributed by atoms with Crippen molar-refractivity contribution in [3.8, 4) is 0 Å². The topological polar surface area (TPSA) is 108 Å². The molecule has 3 aromatic rings. The van der Waals surface area contributed by atoms with Gasteiger partial charge in [0.25, 0.3) is 0 Å². The van der Waals surface area contributed by atoms with Gasteiger partial charge in [-0.25, -0.2) is 9.97 Å². The number of hydrogen-bond donors (Lipinski definition) is 3. The quantitative estimate of drug-likeness (QED) is 0.569. The minimum Gasteiger partial charge on any atom is -0.383 e. The first-order valence-corrected chi connectivity index (χ1v) is 8.81. The fourth-order valence-corrected chi connectivity index (χ4v) is 2.74. The Bertz CT molecular complexity index is 1040. The number of carbonyl (C=O) groups excluding carboxylic acids is 1. The van der Waals surface area contributed by atoms with Crippen LogP contribution in [0.3, 0.4) is 0 Å². The third kappa shape index (κ3) is 4.10. The molecule has 4 N–H and O–H groups in total. The van der Waals surface area contributed by atoms with Gasteiger partial charge in [-0.05, 0) is 30.3 Å². The second-order valence-electron chi connectivity index (χ2n) is 6.12. The molecule has 0 saturated carbocycles. The molecule has 3 rings (SSSR count). The molecule has 2 aromatic carbocycles. The molecular formula is C20H19ClN6O. The Morgan fingerprint density at radius 1 is 1.18 bits per heavy atom. The number of hydrogen-bond acceptors (Lipinski definition) is 6. The Kier molecular flexibility index (Phi) is 5.56. The number of nitrogen functional groups attached to an aromatic ring is 1. The van der Waals surface area contributed by atoms with Gasteiger partial charge < -0.3 is 16.0 Å². The Labute approximate surface area is 167 Å². The van der Waals surface area contributed by atoms with Gasteiger partial charge in [-0.15, -0.1) is 0 Å². The zero-order valence-electron chi connectivity index (χ0n) is 15.4. The zero-order valence-corrected chi connectivity index (χ0v) is 16.2. The van der Waals surface area contributed by atoms with Crippen LogP contribution in [0, 0.1) is 5.41 Å². The van der Waals surface area contributed by atoms with Crippen molar-refractivity contribution in [2.45, 2.75) is 6.92 Å². The lowest BCUT2D eigenvalue weighted by Crippen LogP contribution is -2.22. The number of anilines is 4. The van der Waals surface area contributed by atoms with E-state index in [2.05, 4.69) is 15.3 Å². The van der Waals surface area contributed by atoms with Gasteiger partial charge in [0.2, 0.25) is 5.91 Å². The zero-order chi connectivity index (χ0) is 20.3. The highest BCUT2D eigenvalue weighted by Gasteiger charge is 2.17.